The molecule has 0 aliphatic rings. The van der Waals surface area contributed by atoms with Crippen molar-refractivity contribution in [2.45, 2.75) is 60.6 Å². The summed E-state index contributed by atoms with van der Waals surface area (Å²) in [6.07, 6.45) is -9.34. The minimum absolute atomic E-state index is 0.0215. The van der Waals surface area contributed by atoms with E-state index in [1.54, 1.807) is 0 Å². The van der Waals surface area contributed by atoms with E-state index in [2.05, 4.69) is 10.3 Å². The molecule has 0 saturated heterocycles. The lowest BCUT2D eigenvalue weighted by atomic mass is 9.88. The van der Waals surface area contributed by atoms with E-state index in [0.29, 0.717) is 12.4 Å². The van der Waals surface area contributed by atoms with Gasteiger partial charge in [0.1, 0.15) is 0 Å². The molecule has 41 heavy (non-hydrogen) atoms. The van der Waals surface area contributed by atoms with Crippen LogP contribution in [0, 0.1) is 5.21 Å². The second kappa shape index (κ2) is 10.2. The lowest BCUT2D eigenvalue weighted by Gasteiger charge is -2.42. The van der Waals surface area contributed by atoms with Crippen LogP contribution in [0.15, 0.2) is 36.5 Å². The first-order valence-electron chi connectivity index (χ1n) is 10.2. The molecule has 0 unspecified atom stereocenters. The SMILES string of the molecule is [O-]/[N+](=C\c1cn(CCC(F)(F)C(F)(F)C(F)(F)C(F)(F)C(F)(F)C(F)(F)C(F)(F)C(F)(F)F)nn1)c1ccccc1. The zero-order chi connectivity index (χ0) is 32.1. The van der Waals surface area contributed by atoms with E-state index in [1.807, 2.05) is 0 Å². The van der Waals surface area contributed by atoms with E-state index >= 15 is 0 Å². The number of hydrogen-bond donors (Lipinski definition) is 0. The number of alkyl halides is 17. The topological polar surface area (TPSA) is 56.8 Å². The largest absolute Gasteiger partial charge is 0.618 e. The van der Waals surface area contributed by atoms with Crippen LogP contribution in [0.2, 0.25) is 0 Å². The van der Waals surface area contributed by atoms with Crippen molar-refractivity contribution in [1.29, 1.82) is 0 Å². The van der Waals surface area contributed by atoms with E-state index in [1.165, 1.54) is 30.3 Å². The van der Waals surface area contributed by atoms with Gasteiger partial charge < -0.3 is 5.21 Å². The van der Waals surface area contributed by atoms with Gasteiger partial charge in [0.25, 0.3) is 0 Å². The van der Waals surface area contributed by atoms with Crippen LogP contribution >= 0.6 is 0 Å². The normalized spacial score (nSPS) is 15.4. The molecule has 2 aromatic rings. The van der Waals surface area contributed by atoms with E-state index in [4.69, 9.17) is 0 Å². The Hall–Kier alpha value is -3.36. The zero-order valence-electron chi connectivity index (χ0n) is 19.1. The third-order valence-electron chi connectivity index (χ3n) is 5.26. The van der Waals surface area contributed by atoms with Gasteiger partial charge in [0.2, 0.25) is 11.9 Å². The van der Waals surface area contributed by atoms with Gasteiger partial charge in [0.05, 0.1) is 6.20 Å². The number of aryl methyl sites for hydroxylation is 1. The molecule has 1 heterocycles. The summed E-state index contributed by atoms with van der Waals surface area (Å²) in [6, 6.07) is 6.87. The predicted octanol–water partition coefficient (Wildman–Crippen LogP) is 6.94. The quantitative estimate of drug-likeness (QED) is 0.0886. The molecule has 0 radical (unpaired) electrons. The molecule has 5 nitrogen and oxygen atoms in total. The Balaban J connectivity index is 2.35. The van der Waals surface area contributed by atoms with Gasteiger partial charge in [-0.05, 0) is 0 Å². The van der Waals surface area contributed by atoms with Crippen LogP contribution in [0.3, 0.4) is 0 Å². The summed E-state index contributed by atoms with van der Waals surface area (Å²) in [5.74, 6) is -56.8. The number of halogens is 17. The molecule has 0 aliphatic carbocycles. The van der Waals surface area contributed by atoms with Gasteiger partial charge >= 0.3 is 47.6 Å². The molecule has 0 saturated carbocycles. The Morgan fingerprint density at radius 1 is 0.659 bits per heavy atom. The number of benzene rings is 1. The Morgan fingerprint density at radius 3 is 1.56 bits per heavy atom. The van der Waals surface area contributed by atoms with Crippen molar-refractivity contribution < 1.29 is 79.4 Å². The highest BCUT2D eigenvalue weighted by molar-refractivity contribution is 5.73. The molecule has 0 fully saturated rings. The third kappa shape index (κ3) is 5.35. The molecule has 0 N–H and O–H groups in total. The fourth-order valence-corrected chi connectivity index (χ4v) is 2.86. The molecule has 1 aromatic carbocycles. The fourth-order valence-electron chi connectivity index (χ4n) is 2.86. The maximum Gasteiger partial charge on any atom is 0.460 e. The van der Waals surface area contributed by atoms with Gasteiger partial charge in [-0.25, -0.2) is 0 Å². The lowest BCUT2D eigenvalue weighted by Crippen LogP contribution is -2.74. The van der Waals surface area contributed by atoms with Crippen LogP contribution in [0.1, 0.15) is 12.1 Å². The van der Waals surface area contributed by atoms with E-state index in [0.717, 1.165) is 0 Å². The van der Waals surface area contributed by atoms with E-state index in [-0.39, 0.29) is 15.1 Å². The summed E-state index contributed by atoms with van der Waals surface area (Å²) in [5, 5.41) is 18.2. The molecule has 232 valence electrons. The standard InChI is InChI=1S/C19H11F17N4O/c20-12(21,6-7-39-8-10(37-38-39)9-40(41)11-4-2-1-3-5-11)13(22,23)14(24,25)15(26,27)16(28,29)17(30,31)18(32,33)19(34,35)36/h1-5,8-9H,6-7H2/b40-9-. The second-order valence-electron chi connectivity index (χ2n) is 8.10. The van der Waals surface area contributed by atoms with Crippen LogP contribution in [0.5, 0.6) is 0 Å². The summed E-state index contributed by atoms with van der Waals surface area (Å²) in [7, 11) is 0. The van der Waals surface area contributed by atoms with E-state index in [9.17, 15) is 79.8 Å². The van der Waals surface area contributed by atoms with Gasteiger partial charge in [0, 0.05) is 25.1 Å². The smallest absolute Gasteiger partial charge is 0.460 e. The monoisotopic (exact) mass is 634 g/mol. The summed E-state index contributed by atoms with van der Waals surface area (Å²) in [4.78, 5) is 0. The van der Waals surface area contributed by atoms with Crippen molar-refractivity contribution in [3.05, 3.63) is 47.4 Å². The molecule has 0 atom stereocenters. The molecular formula is C19H11F17N4O. The second-order valence-corrected chi connectivity index (χ2v) is 8.10. The number of hydrogen-bond acceptors (Lipinski definition) is 3. The molecule has 2 rings (SSSR count). The number of nitrogens with zero attached hydrogens (tertiary/aromatic N) is 4. The van der Waals surface area contributed by atoms with Crippen LogP contribution in [-0.2, 0) is 6.54 Å². The molecule has 0 aliphatic heterocycles. The van der Waals surface area contributed by atoms with Gasteiger partial charge in [0.15, 0.2) is 5.69 Å². The van der Waals surface area contributed by atoms with Crippen LogP contribution in [0.25, 0.3) is 0 Å². The van der Waals surface area contributed by atoms with Gasteiger partial charge in [-0.2, -0.15) is 79.4 Å². The van der Waals surface area contributed by atoms with Gasteiger partial charge in [-0.15, -0.1) is 5.10 Å². The number of rotatable bonds is 11. The van der Waals surface area contributed by atoms with Crippen LogP contribution in [0.4, 0.5) is 80.3 Å². The van der Waals surface area contributed by atoms with Gasteiger partial charge in [-0.3, -0.25) is 4.68 Å². The maximum atomic E-state index is 14.0. The molecule has 0 amide bonds. The molecule has 1 aromatic heterocycles. The summed E-state index contributed by atoms with van der Waals surface area (Å²) < 4.78 is 227. The first-order valence-corrected chi connectivity index (χ1v) is 10.2. The Morgan fingerprint density at radius 2 is 1.10 bits per heavy atom. The van der Waals surface area contributed by atoms with E-state index < -0.39 is 66.3 Å². The highest BCUT2D eigenvalue weighted by atomic mass is 19.4. The average molecular weight is 634 g/mol. The first kappa shape index (κ1) is 33.8. The summed E-state index contributed by atoms with van der Waals surface area (Å²) >= 11 is 0. The van der Waals surface area contributed by atoms with Crippen molar-refractivity contribution in [2.75, 3.05) is 0 Å². The van der Waals surface area contributed by atoms with Crippen molar-refractivity contribution in [3.8, 4) is 0 Å². The summed E-state index contributed by atoms with van der Waals surface area (Å²) in [6.45, 7) is -1.67. The van der Waals surface area contributed by atoms with Crippen LogP contribution < -0.4 is 0 Å². The fraction of sp³-hybridized carbons (Fsp3) is 0.526. The minimum atomic E-state index is -8.68. The Bertz CT molecular complexity index is 1240. The van der Waals surface area contributed by atoms with Gasteiger partial charge in [-0.1, -0.05) is 23.4 Å². The minimum Gasteiger partial charge on any atom is -0.618 e. The number of aromatic nitrogens is 3. The zero-order valence-corrected chi connectivity index (χ0v) is 19.1. The Kier molecular flexibility index (Phi) is 8.40. The van der Waals surface area contributed by atoms with Crippen molar-refractivity contribution in [1.82, 2.24) is 15.0 Å². The average Bonchev–Trinajstić information content (AvgIpc) is 3.29. The highest BCUT2D eigenvalue weighted by Crippen LogP contribution is 2.64. The maximum absolute atomic E-state index is 14.0. The predicted molar refractivity (Wildman–Crippen MR) is 100 cm³/mol. The first-order chi connectivity index (χ1) is 18.2. The molecule has 0 spiro atoms. The lowest BCUT2D eigenvalue weighted by molar-refractivity contribution is -0.461. The van der Waals surface area contributed by atoms with Crippen molar-refractivity contribution in [3.63, 3.8) is 0 Å². The third-order valence-corrected chi connectivity index (χ3v) is 5.26. The van der Waals surface area contributed by atoms with Crippen molar-refractivity contribution >= 4 is 11.9 Å². The van der Waals surface area contributed by atoms with Crippen molar-refractivity contribution in [2.24, 2.45) is 0 Å². The highest BCUT2D eigenvalue weighted by Gasteiger charge is 2.95. The Labute approximate surface area is 215 Å². The molecule has 22 heteroatoms. The van der Waals surface area contributed by atoms with Crippen LogP contribution in [-0.4, -0.2) is 73.6 Å². The molecular weight excluding hydrogens is 623 g/mol. The molecule has 0 bridgehead atoms. The summed E-state index contributed by atoms with van der Waals surface area (Å²) in [5.41, 5.74) is -0.505. The number of para-hydroxylation sites is 1.